The molecule has 1 fully saturated rings. The van der Waals surface area contributed by atoms with Crippen molar-refractivity contribution in [3.05, 3.63) is 52.8 Å². The topological polar surface area (TPSA) is 93.3 Å². The summed E-state index contributed by atoms with van der Waals surface area (Å²) in [5, 5.41) is 2.81. The number of rotatable bonds is 4. The quantitative estimate of drug-likeness (QED) is 0.671. The van der Waals surface area contributed by atoms with Gasteiger partial charge in [0.05, 0.1) is 0 Å². The van der Waals surface area contributed by atoms with E-state index in [1.807, 2.05) is 32.9 Å². The molecule has 0 aliphatic carbocycles. The molecule has 162 valence electrons. The number of aromatic nitrogens is 3. The summed E-state index contributed by atoms with van der Waals surface area (Å²) in [5.74, 6) is 1.55. The molecule has 31 heavy (non-hydrogen) atoms. The molecule has 0 radical (unpaired) electrons. The van der Waals surface area contributed by atoms with Crippen LogP contribution in [0.5, 0.6) is 0 Å². The van der Waals surface area contributed by atoms with Gasteiger partial charge in [0.15, 0.2) is 5.76 Å². The molecule has 0 saturated carbocycles. The van der Waals surface area contributed by atoms with Gasteiger partial charge in [0.2, 0.25) is 5.95 Å². The first kappa shape index (κ1) is 20.8. The fraction of sp³-hybridized carbons (Fsp3) is 0.391. The molecule has 0 bridgehead atoms. The minimum absolute atomic E-state index is 0.0192. The average Bonchev–Trinajstić information content (AvgIpc) is 3.21. The van der Waals surface area contributed by atoms with Gasteiger partial charge < -0.3 is 13.9 Å². The lowest BCUT2D eigenvalue weighted by molar-refractivity contribution is 0.200. The lowest BCUT2D eigenvalue weighted by atomic mass is 10.1. The molecule has 0 spiro atoms. The number of aryl methyl sites for hydroxylation is 1. The highest BCUT2D eigenvalue weighted by Gasteiger charge is 2.20. The second kappa shape index (κ2) is 8.75. The Kier molecular flexibility index (Phi) is 5.88. The van der Waals surface area contributed by atoms with E-state index in [0.29, 0.717) is 11.5 Å². The standard InChI is InChI=1S/C23H27N5O3/c1-15(2)28-14-17(8-10-20(28)29)18-13-24-22(25-21(18)19-9-7-16(3)31-19)26-23(30)27-11-5-4-6-12-27/h7-10,13-15H,4-6,11-12H2,1-3H3,(H,24,25,26,30). The van der Waals surface area contributed by atoms with Gasteiger partial charge in [0, 0.05) is 48.7 Å². The molecule has 3 aromatic rings. The third-order valence-corrected chi connectivity index (χ3v) is 5.43. The van der Waals surface area contributed by atoms with Crippen molar-refractivity contribution in [1.29, 1.82) is 0 Å². The minimum atomic E-state index is -0.192. The first-order valence-electron chi connectivity index (χ1n) is 10.6. The first-order chi connectivity index (χ1) is 14.9. The Morgan fingerprint density at radius 1 is 1.13 bits per heavy atom. The number of likely N-dealkylation sites (tertiary alicyclic amines) is 1. The van der Waals surface area contributed by atoms with Gasteiger partial charge in [-0.15, -0.1) is 0 Å². The Labute approximate surface area is 180 Å². The van der Waals surface area contributed by atoms with Crippen LogP contribution >= 0.6 is 0 Å². The summed E-state index contributed by atoms with van der Waals surface area (Å²) in [7, 11) is 0. The summed E-state index contributed by atoms with van der Waals surface area (Å²) in [5.41, 5.74) is 2.01. The maximum Gasteiger partial charge on any atom is 0.324 e. The number of hydrogen-bond donors (Lipinski definition) is 1. The average molecular weight is 422 g/mol. The molecule has 1 N–H and O–H groups in total. The highest BCUT2D eigenvalue weighted by Crippen LogP contribution is 2.32. The van der Waals surface area contributed by atoms with E-state index in [2.05, 4.69) is 15.3 Å². The highest BCUT2D eigenvalue weighted by molar-refractivity contribution is 5.88. The van der Waals surface area contributed by atoms with Gasteiger partial charge in [-0.1, -0.05) is 0 Å². The van der Waals surface area contributed by atoms with Crippen LogP contribution in [0.4, 0.5) is 10.7 Å². The van der Waals surface area contributed by atoms with Crippen molar-refractivity contribution >= 4 is 12.0 Å². The van der Waals surface area contributed by atoms with Crippen LogP contribution in [0.25, 0.3) is 22.6 Å². The Morgan fingerprint density at radius 2 is 1.90 bits per heavy atom. The van der Waals surface area contributed by atoms with Crippen LogP contribution in [0.15, 0.2) is 45.9 Å². The number of pyridine rings is 1. The summed E-state index contributed by atoms with van der Waals surface area (Å²) >= 11 is 0. The summed E-state index contributed by atoms with van der Waals surface area (Å²) < 4.78 is 7.49. The second-order valence-corrected chi connectivity index (χ2v) is 8.10. The Morgan fingerprint density at radius 3 is 2.58 bits per heavy atom. The van der Waals surface area contributed by atoms with E-state index >= 15 is 0 Å². The minimum Gasteiger partial charge on any atom is -0.460 e. The number of hydrogen-bond acceptors (Lipinski definition) is 5. The molecule has 8 heteroatoms. The van der Waals surface area contributed by atoms with Crippen LogP contribution in [0, 0.1) is 6.92 Å². The Balaban J connectivity index is 1.73. The molecule has 0 atom stereocenters. The van der Waals surface area contributed by atoms with Crippen LogP contribution in [0.1, 0.15) is 44.9 Å². The second-order valence-electron chi connectivity index (χ2n) is 8.10. The smallest absolute Gasteiger partial charge is 0.324 e. The zero-order chi connectivity index (χ0) is 22.0. The number of carbonyl (C=O) groups is 1. The zero-order valence-corrected chi connectivity index (χ0v) is 18.1. The van der Waals surface area contributed by atoms with E-state index in [-0.39, 0.29) is 23.6 Å². The maximum absolute atomic E-state index is 12.6. The van der Waals surface area contributed by atoms with Gasteiger partial charge in [-0.05, 0) is 58.2 Å². The number of anilines is 1. The van der Waals surface area contributed by atoms with Crippen molar-refractivity contribution in [2.75, 3.05) is 18.4 Å². The molecule has 4 heterocycles. The lowest BCUT2D eigenvalue weighted by Gasteiger charge is -2.26. The monoisotopic (exact) mass is 421 g/mol. The largest absolute Gasteiger partial charge is 0.460 e. The highest BCUT2D eigenvalue weighted by atomic mass is 16.3. The van der Waals surface area contributed by atoms with Gasteiger partial charge >= 0.3 is 6.03 Å². The molecule has 4 rings (SSSR count). The Hall–Kier alpha value is -3.42. The van der Waals surface area contributed by atoms with Gasteiger partial charge in [0.1, 0.15) is 11.5 Å². The predicted molar refractivity (Wildman–Crippen MR) is 119 cm³/mol. The molecule has 8 nitrogen and oxygen atoms in total. The van der Waals surface area contributed by atoms with Gasteiger partial charge in [0.25, 0.3) is 5.56 Å². The normalized spacial score (nSPS) is 14.1. The summed E-state index contributed by atoms with van der Waals surface area (Å²) in [6.45, 7) is 7.26. The molecule has 0 aromatic carbocycles. The molecule has 2 amide bonds. The summed E-state index contributed by atoms with van der Waals surface area (Å²) in [6.07, 6.45) is 6.63. The summed E-state index contributed by atoms with van der Waals surface area (Å²) in [4.78, 5) is 35.6. The van der Waals surface area contributed by atoms with Gasteiger partial charge in [-0.25, -0.2) is 14.8 Å². The number of furan rings is 1. The SMILES string of the molecule is Cc1ccc(-c2nc(NC(=O)N3CCCCC3)ncc2-c2ccc(=O)n(C(C)C)c2)o1. The predicted octanol–water partition coefficient (Wildman–Crippen LogP) is 4.47. The lowest BCUT2D eigenvalue weighted by Crippen LogP contribution is -2.39. The third-order valence-electron chi connectivity index (χ3n) is 5.43. The van der Waals surface area contributed by atoms with Gasteiger partial charge in [-0.3, -0.25) is 10.1 Å². The van der Waals surface area contributed by atoms with Crippen molar-refractivity contribution in [1.82, 2.24) is 19.4 Å². The van der Waals surface area contributed by atoms with Gasteiger partial charge in [-0.2, -0.15) is 0 Å². The molecule has 1 saturated heterocycles. The van der Waals surface area contributed by atoms with E-state index in [4.69, 9.17) is 4.42 Å². The van der Waals surface area contributed by atoms with Crippen molar-refractivity contribution in [3.63, 3.8) is 0 Å². The fourth-order valence-electron chi connectivity index (χ4n) is 3.74. The molecule has 0 unspecified atom stereocenters. The number of amides is 2. The van der Waals surface area contributed by atoms with Crippen LogP contribution in [-0.2, 0) is 0 Å². The first-order valence-corrected chi connectivity index (χ1v) is 10.6. The van der Waals surface area contributed by atoms with Crippen molar-refractivity contribution < 1.29 is 9.21 Å². The van der Waals surface area contributed by atoms with E-state index in [1.54, 1.807) is 34.0 Å². The zero-order valence-electron chi connectivity index (χ0n) is 18.1. The van der Waals surface area contributed by atoms with Crippen LogP contribution in [0.3, 0.4) is 0 Å². The van der Waals surface area contributed by atoms with Crippen molar-refractivity contribution in [3.8, 4) is 22.6 Å². The Bertz CT molecular complexity index is 1140. The van der Waals surface area contributed by atoms with E-state index in [0.717, 1.165) is 49.2 Å². The molecule has 1 aliphatic rings. The van der Waals surface area contributed by atoms with E-state index < -0.39 is 0 Å². The number of nitrogens with one attached hydrogen (secondary N) is 1. The molecular weight excluding hydrogens is 394 g/mol. The number of carbonyl (C=O) groups excluding carboxylic acids is 1. The van der Waals surface area contributed by atoms with Crippen molar-refractivity contribution in [2.24, 2.45) is 0 Å². The van der Waals surface area contributed by atoms with Crippen LogP contribution < -0.4 is 10.9 Å². The van der Waals surface area contributed by atoms with Crippen LogP contribution in [0.2, 0.25) is 0 Å². The fourth-order valence-corrected chi connectivity index (χ4v) is 3.74. The third kappa shape index (κ3) is 4.52. The molecular formula is C23H27N5O3. The molecule has 3 aromatic heterocycles. The number of nitrogens with zero attached hydrogens (tertiary/aromatic N) is 4. The maximum atomic E-state index is 12.6. The van der Waals surface area contributed by atoms with E-state index in [9.17, 15) is 9.59 Å². The molecule has 1 aliphatic heterocycles. The number of urea groups is 1. The van der Waals surface area contributed by atoms with Crippen molar-refractivity contribution in [2.45, 2.75) is 46.1 Å². The van der Waals surface area contributed by atoms with E-state index in [1.165, 1.54) is 0 Å². The van der Waals surface area contributed by atoms with Crippen LogP contribution in [-0.4, -0.2) is 38.6 Å². The summed E-state index contributed by atoms with van der Waals surface area (Å²) in [6, 6.07) is 6.83. The number of piperidine rings is 1.